The van der Waals surface area contributed by atoms with E-state index >= 15 is 0 Å². The number of aromatic nitrogens is 1. The van der Waals surface area contributed by atoms with Crippen LogP contribution in [0.15, 0.2) is 42.5 Å². The number of carbonyl (C=O) groups excluding carboxylic acids is 1. The third-order valence-electron chi connectivity index (χ3n) is 3.26. The molecule has 0 unspecified atom stereocenters. The number of methoxy groups -OCH3 is 1. The molecule has 4 nitrogen and oxygen atoms in total. The summed E-state index contributed by atoms with van der Waals surface area (Å²) in [5.41, 5.74) is 2.28. The predicted molar refractivity (Wildman–Crippen MR) is 86.5 cm³/mol. The molecule has 3 aromatic rings. The standard InChI is InChI=1S/C17H15NO3S/c1-11-18-14-9-12(7-8-16(14)22-11)10-21-17(19)13-5-3-4-6-15(13)20-2/h3-9H,10H2,1-2H3. The molecule has 1 aromatic heterocycles. The molecule has 0 spiro atoms. The van der Waals surface area contributed by atoms with Crippen LogP contribution in [0.25, 0.3) is 10.2 Å². The van der Waals surface area contributed by atoms with E-state index in [0.717, 1.165) is 20.8 Å². The molecular formula is C17H15NO3S. The van der Waals surface area contributed by atoms with Crippen LogP contribution in [0.2, 0.25) is 0 Å². The Bertz CT molecular complexity index is 826. The summed E-state index contributed by atoms with van der Waals surface area (Å²) in [6.07, 6.45) is 0. The second-order valence-electron chi connectivity index (χ2n) is 4.81. The summed E-state index contributed by atoms with van der Waals surface area (Å²) in [5, 5.41) is 1.03. The monoisotopic (exact) mass is 313 g/mol. The number of ether oxygens (including phenoxy) is 2. The van der Waals surface area contributed by atoms with E-state index in [9.17, 15) is 4.79 Å². The van der Waals surface area contributed by atoms with Crippen molar-refractivity contribution < 1.29 is 14.3 Å². The number of fused-ring (bicyclic) bond motifs is 1. The van der Waals surface area contributed by atoms with Gasteiger partial charge in [0.1, 0.15) is 17.9 Å². The molecule has 0 atom stereocenters. The lowest BCUT2D eigenvalue weighted by Crippen LogP contribution is -2.07. The van der Waals surface area contributed by atoms with Gasteiger partial charge in [0.05, 0.1) is 22.3 Å². The molecule has 0 N–H and O–H groups in total. The second-order valence-corrected chi connectivity index (χ2v) is 6.05. The van der Waals surface area contributed by atoms with Crippen LogP contribution in [0, 0.1) is 6.92 Å². The molecule has 0 aliphatic heterocycles. The van der Waals surface area contributed by atoms with Crippen LogP contribution in [0.1, 0.15) is 20.9 Å². The van der Waals surface area contributed by atoms with E-state index in [4.69, 9.17) is 9.47 Å². The number of para-hydroxylation sites is 1. The van der Waals surface area contributed by atoms with Gasteiger partial charge < -0.3 is 9.47 Å². The van der Waals surface area contributed by atoms with Gasteiger partial charge in [-0.15, -0.1) is 11.3 Å². The number of carbonyl (C=O) groups is 1. The topological polar surface area (TPSA) is 48.4 Å². The molecule has 5 heteroatoms. The lowest BCUT2D eigenvalue weighted by Gasteiger charge is -2.08. The van der Waals surface area contributed by atoms with Crippen molar-refractivity contribution in [3.05, 3.63) is 58.6 Å². The smallest absolute Gasteiger partial charge is 0.342 e. The Kier molecular flexibility index (Phi) is 4.06. The van der Waals surface area contributed by atoms with Gasteiger partial charge in [-0.1, -0.05) is 18.2 Å². The maximum absolute atomic E-state index is 12.1. The Morgan fingerprint density at radius 3 is 2.86 bits per heavy atom. The normalized spacial score (nSPS) is 10.6. The van der Waals surface area contributed by atoms with Crippen LogP contribution in [-0.2, 0) is 11.3 Å². The molecule has 0 aliphatic carbocycles. The van der Waals surface area contributed by atoms with Crippen molar-refractivity contribution >= 4 is 27.5 Å². The van der Waals surface area contributed by atoms with E-state index in [1.807, 2.05) is 31.2 Å². The zero-order valence-corrected chi connectivity index (χ0v) is 13.1. The van der Waals surface area contributed by atoms with Crippen molar-refractivity contribution in [2.75, 3.05) is 7.11 Å². The first-order chi connectivity index (χ1) is 10.7. The number of thiazole rings is 1. The van der Waals surface area contributed by atoms with Crippen molar-refractivity contribution in [2.45, 2.75) is 13.5 Å². The van der Waals surface area contributed by atoms with E-state index < -0.39 is 5.97 Å². The second kappa shape index (κ2) is 6.15. The van der Waals surface area contributed by atoms with E-state index in [2.05, 4.69) is 4.98 Å². The average molecular weight is 313 g/mol. The first kappa shape index (κ1) is 14.5. The van der Waals surface area contributed by atoms with Gasteiger partial charge in [-0.3, -0.25) is 0 Å². The molecule has 0 radical (unpaired) electrons. The summed E-state index contributed by atoms with van der Waals surface area (Å²) in [6, 6.07) is 12.9. The summed E-state index contributed by atoms with van der Waals surface area (Å²) >= 11 is 1.65. The molecule has 0 aliphatic rings. The Morgan fingerprint density at radius 1 is 1.23 bits per heavy atom. The number of nitrogens with zero attached hydrogens (tertiary/aromatic N) is 1. The maximum Gasteiger partial charge on any atom is 0.342 e. The predicted octanol–water partition coefficient (Wildman–Crippen LogP) is 3.97. The van der Waals surface area contributed by atoms with Crippen LogP contribution in [0.5, 0.6) is 5.75 Å². The molecule has 0 amide bonds. The summed E-state index contributed by atoms with van der Waals surface area (Å²) < 4.78 is 11.7. The Hall–Kier alpha value is -2.40. The molecule has 22 heavy (non-hydrogen) atoms. The summed E-state index contributed by atoms with van der Waals surface area (Å²) in [5.74, 6) is 0.116. The Morgan fingerprint density at radius 2 is 2.05 bits per heavy atom. The molecule has 0 saturated carbocycles. The Balaban J connectivity index is 1.74. The number of aryl methyl sites for hydroxylation is 1. The largest absolute Gasteiger partial charge is 0.496 e. The number of rotatable bonds is 4. The minimum atomic E-state index is -0.396. The van der Waals surface area contributed by atoms with Gasteiger partial charge in [0.15, 0.2) is 0 Å². The third-order valence-corrected chi connectivity index (χ3v) is 4.21. The minimum absolute atomic E-state index is 0.212. The van der Waals surface area contributed by atoms with Crippen molar-refractivity contribution in [1.29, 1.82) is 0 Å². The maximum atomic E-state index is 12.1. The van der Waals surface area contributed by atoms with Crippen LogP contribution < -0.4 is 4.74 Å². The molecule has 0 saturated heterocycles. The molecular weight excluding hydrogens is 298 g/mol. The highest BCUT2D eigenvalue weighted by molar-refractivity contribution is 7.18. The SMILES string of the molecule is COc1ccccc1C(=O)OCc1ccc2sc(C)nc2c1. The Labute approximate surface area is 132 Å². The first-order valence-corrected chi connectivity index (χ1v) is 7.65. The quantitative estimate of drug-likeness (QED) is 0.684. The highest BCUT2D eigenvalue weighted by Crippen LogP contribution is 2.23. The van der Waals surface area contributed by atoms with Gasteiger partial charge in [0.25, 0.3) is 0 Å². The molecule has 0 fully saturated rings. The lowest BCUT2D eigenvalue weighted by atomic mass is 10.2. The van der Waals surface area contributed by atoms with Crippen LogP contribution >= 0.6 is 11.3 Å². The van der Waals surface area contributed by atoms with E-state index in [1.165, 1.54) is 7.11 Å². The van der Waals surface area contributed by atoms with Crippen LogP contribution in [0.4, 0.5) is 0 Å². The first-order valence-electron chi connectivity index (χ1n) is 6.83. The minimum Gasteiger partial charge on any atom is -0.496 e. The van der Waals surface area contributed by atoms with Crippen molar-refractivity contribution in [3.8, 4) is 5.75 Å². The highest BCUT2D eigenvalue weighted by atomic mass is 32.1. The number of hydrogen-bond donors (Lipinski definition) is 0. The zero-order valence-electron chi connectivity index (χ0n) is 12.3. The third kappa shape index (κ3) is 2.94. The number of esters is 1. The van der Waals surface area contributed by atoms with E-state index in [-0.39, 0.29) is 6.61 Å². The molecule has 1 heterocycles. The van der Waals surface area contributed by atoms with Gasteiger partial charge in [-0.2, -0.15) is 0 Å². The van der Waals surface area contributed by atoms with Gasteiger partial charge in [0.2, 0.25) is 0 Å². The fourth-order valence-electron chi connectivity index (χ4n) is 2.22. The highest BCUT2D eigenvalue weighted by Gasteiger charge is 2.13. The van der Waals surface area contributed by atoms with Gasteiger partial charge in [-0.05, 0) is 36.8 Å². The zero-order chi connectivity index (χ0) is 15.5. The van der Waals surface area contributed by atoms with E-state index in [0.29, 0.717) is 11.3 Å². The number of hydrogen-bond acceptors (Lipinski definition) is 5. The molecule has 2 aromatic carbocycles. The number of benzene rings is 2. The fraction of sp³-hybridized carbons (Fsp3) is 0.176. The summed E-state index contributed by atoms with van der Waals surface area (Å²) in [4.78, 5) is 16.6. The van der Waals surface area contributed by atoms with E-state index in [1.54, 1.807) is 29.5 Å². The summed E-state index contributed by atoms with van der Waals surface area (Å²) in [6.45, 7) is 2.19. The van der Waals surface area contributed by atoms with Gasteiger partial charge in [0, 0.05) is 0 Å². The molecule has 3 rings (SSSR count). The van der Waals surface area contributed by atoms with Crippen molar-refractivity contribution in [1.82, 2.24) is 4.98 Å². The van der Waals surface area contributed by atoms with Crippen molar-refractivity contribution in [2.24, 2.45) is 0 Å². The lowest BCUT2D eigenvalue weighted by molar-refractivity contribution is 0.0469. The van der Waals surface area contributed by atoms with Gasteiger partial charge in [-0.25, -0.2) is 9.78 Å². The van der Waals surface area contributed by atoms with Gasteiger partial charge >= 0.3 is 5.97 Å². The van der Waals surface area contributed by atoms with Crippen molar-refractivity contribution in [3.63, 3.8) is 0 Å². The van der Waals surface area contributed by atoms with Crippen LogP contribution in [-0.4, -0.2) is 18.1 Å². The average Bonchev–Trinajstić information content (AvgIpc) is 2.91. The van der Waals surface area contributed by atoms with Crippen LogP contribution in [0.3, 0.4) is 0 Å². The summed E-state index contributed by atoms with van der Waals surface area (Å²) in [7, 11) is 1.53. The fourth-order valence-corrected chi connectivity index (χ4v) is 3.03. The molecule has 0 bridgehead atoms. The molecule has 112 valence electrons.